The second kappa shape index (κ2) is 21.0. The van der Waals surface area contributed by atoms with Gasteiger partial charge in [0.15, 0.2) is 5.78 Å². The van der Waals surface area contributed by atoms with E-state index in [0.717, 1.165) is 30.0 Å². The van der Waals surface area contributed by atoms with Crippen LogP contribution in [0.4, 0.5) is 4.39 Å². The number of sulfonamides is 1. The van der Waals surface area contributed by atoms with Crippen LogP contribution < -0.4 is 10.0 Å². The molecule has 3 aromatic carbocycles. The van der Waals surface area contributed by atoms with E-state index in [9.17, 15) is 32.3 Å². The first-order valence-corrected chi connectivity index (χ1v) is 20.2. The molecule has 1 heterocycles. The molecule has 0 unspecified atom stereocenters. The number of aliphatic hydroxyl groups is 1. The predicted molar refractivity (Wildman–Crippen MR) is 208 cm³/mol. The fourth-order valence-corrected chi connectivity index (χ4v) is 7.02. The second-order valence-electron chi connectivity index (χ2n) is 13.1. The molecule has 0 spiro atoms. The maximum Gasteiger partial charge on any atom is 0.373 e. The van der Waals surface area contributed by atoms with Crippen LogP contribution in [0.15, 0.2) is 76.9 Å². The number of furan rings is 1. The first-order valence-electron chi connectivity index (χ1n) is 18.6. The summed E-state index contributed by atoms with van der Waals surface area (Å²) in [7, 11) is -2.22. The van der Waals surface area contributed by atoms with Gasteiger partial charge in [0.25, 0.3) is 5.91 Å². The smallest absolute Gasteiger partial charge is 0.373 e. The molecule has 1 amide bonds. The first-order chi connectivity index (χ1) is 27.5. The van der Waals surface area contributed by atoms with E-state index in [1.165, 1.54) is 31.3 Å². The minimum atomic E-state index is -3.74. The summed E-state index contributed by atoms with van der Waals surface area (Å²) in [5, 5.41) is 12.9. The van der Waals surface area contributed by atoms with Crippen molar-refractivity contribution in [3.05, 3.63) is 106 Å². The average molecular weight is 811 g/mol. The van der Waals surface area contributed by atoms with Gasteiger partial charge in [0, 0.05) is 36.2 Å². The van der Waals surface area contributed by atoms with Gasteiger partial charge in [-0.2, -0.15) is 0 Å². The van der Waals surface area contributed by atoms with Gasteiger partial charge in [-0.15, -0.1) is 0 Å². The van der Waals surface area contributed by atoms with E-state index in [-0.39, 0.29) is 49.7 Å². The van der Waals surface area contributed by atoms with Crippen molar-refractivity contribution in [1.29, 1.82) is 0 Å². The van der Waals surface area contributed by atoms with Crippen molar-refractivity contribution >= 4 is 38.7 Å². The number of allylic oxidation sites excluding steroid dienone is 1. The highest BCUT2D eigenvalue weighted by Gasteiger charge is 2.31. The monoisotopic (exact) mass is 810 g/mol. The molecular weight excluding hydrogens is 764 g/mol. The Kier molecular flexibility index (Phi) is 15.9. The predicted octanol–water partition coefficient (Wildman–Crippen LogP) is 5.35. The first kappa shape index (κ1) is 43.2. The molecule has 1 fully saturated rings. The van der Waals surface area contributed by atoms with Gasteiger partial charge in [-0.25, -0.2) is 22.3 Å². The SMILES string of the molecule is CCOC(=O)/C(O)=C/C(=O)c1ccc(COCCOCCOCCOCCNS(=O)(=O)Cc2cc3oc(-c4ccc(F)cc4)c(C(=O)NC)c3cc2C2CC2)cc1. The van der Waals surface area contributed by atoms with Crippen LogP contribution >= 0.6 is 0 Å². The summed E-state index contributed by atoms with van der Waals surface area (Å²) in [6.45, 7) is 4.14. The Bertz CT molecular complexity index is 2130. The highest BCUT2D eigenvalue weighted by Crippen LogP contribution is 2.45. The maximum absolute atomic E-state index is 13.6. The number of fused-ring (bicyclic) bond motifs is 1. The highest BCUT2D eigenvalue weighted by atomic mass is 32.2. The van der Waals surface area contributed by atoms with E-state index in [1.807, 2.05) is 6.07 Å². The van der Waals surface area contributed by atoms with E-state index in [1.54, 1.807) is 37.3 Å². The lowest BCUT2D eigenvalue weighted by Crippen LogP contribution is -2.29. The second-order valence-corrected chi connectivity index (χ2v) is 14.9. The van der Waals surface area contributed by atoms with Gasteiger partial charge in [0.05, 0.1) is 70.8 Å². The van der Waals surface area contributed by atoms with Gasteiger partial charge in [-0.3, -0.25) is 9.59 Å². The van der Waals surface area contributed by atoms with Crippen LogP contribution in [0.1, 0.15) is 63.1 Å². The van der Waals surface area contributed by atoms with Crippen LogP contribution in [-0.2, 0) is 50.9 Å². The number of hydrogen-bond acceptors (Lipinski definition) is 12. The number of ketones is 1. The summed E-state index contributed by atoms with van der Waals surface area (Å²) in [5.74, 6) is -2.82. The zero-order chi connectivity index (χ0) is 40.8. The van der Waals surface area contributed by atoms with Gasteiger partial charge in [0.2, 0.25) is 15.8 Å². The normalized spacial score (nSPS) is 13.2. The zero-order valence-electron chi connectivity index (χ0n) is 31.8. The number of esters is 1. The molecule has 57 heavy (non-hydrogen) atoms. The van der Waals surface area contributed by atoms with Crippen molar-refractivity contribution in [3.8, 4) is 11.3 Å². The number of nitrogens with one attached hydrogen (secondary N) is 2. The van der Waals surface area contributed by atoms with Crippen LogP contribution in [-0.4, -0.2) is 97.6 Å². The lowest BCUT2D eigenvalue weighted by atomic mass is 9.98. The molecule has 1 aliphatic carbocycles. The molecule has 1 aliphatic rings. The molecule has 306 valence electrons. The molecule has 4 aromatic rings. The number of ether oxygens (including phenoxy) is 5. The molecule has 0 aliphatic heterocycles. The van der Waals surface area contributed by atoms with Crippen molar-refractivity contribution in [2.75, 3.05) is 66.4 Å². The van der Waals surface area contributed by atoms with Crippen LogP contribution in [0, 0.1) is 5.82 Å². The summed E-state index contributed by atoms with van der Waals surface area (Å²) in [6.07, 6.45) is 2.65. The third kappa shape index (κ3) is 12.8. The lowest BCUT2D eigenvalue weighted by molar-refractivity contribution is -0.141. The van der Waals surface area contributed by atoms with Crippen LogP contribution in [0.3, 0.4) is 0 Å². The largest absolute Gasteiger partial charge is 0.502 e. The van der Waals surface area contributed by atoms with Crippen molar-refractivity contribution in [3.63, 3.8) is 0 Å². The van der Waals surface area contributed by atoms with Crippen LogP contribution in [0.2, 0.25) is 0 Å². The number of amides is 1. The van der Waals surface area contributed by atoms with E-state index < -0.39 is 33.4 Å². The number of rotatable bonds is 24. The summed E-state index contributed by atoms with van der Waals surface area (Å²) in [4.78, 5) is 36.6. The minimum absolute atomic E-state index is 0.0734. The molecule has 14 nitrogen and oxygen atoms in total. The maximum atomic E-state index is 13.6. The Morgan fingerprint density at radius 1 is 0.895 bits per heavy atom. The molecule has 0 atom stereocenters. The Morgan fingerprint density at radius 2 is 1.53 bits per heavy atom. The molecule has 16 heteroatoms. The summed E-state index contributed by atoms with van der Waals surface area (Å²) < 4.78 is 75.3. The number of halogens is 1. The minimum Gasteiger partial charge on any atom is -0.502 e. The van der Waals surface area contributed by atoms with E-state index in [4.69, 9.17) is 23.4 Å². The molecule has 5 rings (SSSR count). The summed E-state index contributed by atoms with van der Waals surface area (Å²) in [5.41, 5.74) is 3.79. The summed E-state index contributed by atoms with van der Waals surface area (Å²) in [6, 6.07) is 15.7. The zero-order valence-corrected chi connectivity index (χ0v) is 32.7. The molecule has 0 radical (unpaired) electrons. The number of carbonyl (C=O) groups excluding carboxylic acids is 3. The quantitative estimate of drug-likeness (QED) is 0.0271. The van der Waals surface area contributed by atoms with Gasteiger partial charge >= 0.3 is 5.97 Å². The van der Waals surface area contributed by atoms with Gasteiger partial charge in [0.1, 0.15) is 17.2 Å². The highest BCUT2D eigenvalue weighted by molar-refractivity contribution is 7.88. The third-order valence-corrected chi connectivity index (χ3v) is 10.2. The van der Waals surface area contributed by atoms with Crippen molar-refractivity contribution in [1.82, 2.24) is 10.0 Å². The topological polar surface area (TPSA) is 189 Å². The van der Waals surface area contributed by atoms with Crippen LogP contribution in [0.5, 0.6) is 0 Å². The number of carbonyl (C=O) groups is 3. The number of aliphatic hydroxyl groups excluding tert-OH is 1. The van der Waals surface area contributed by atoms with E-state index in [2.05, 4.69) is 14.8 Å². The van der Waals surface area contributed by atoms with Gasteiger partial charge < -0.3 is 38.5 Å². The Labute approximate surface area is 330 Å². The Hall–Kier alpha value is -4.97. The van der Waals surface area contributed by atoms with Crippen molar-refractivity contribution in [2.45, 2.75) is 38.0 Å². The lowest BCUT2D eigenvalue weighted by Gasteiger charge is -2.12. The Balaban J connectivity index is 0.957. The molecular formula is C41H47FN2O12S. The fourth-order valence-electron chi connectivity index (χ4n) is 5.87. The molecule has 0 saturated heterocycles. The summed E-state index contributed by atoms with van der Waals surface area (Å²) >= 11 is 0. The average Bonchev–Trinajstić information content (AvgIpc) is 3.98. The number of benzene rings is 3. The third-order valence-electron chi connectivity index (χ3n) is 8.82. The van der Waals surface area contributed by atoms with Gasteiger partial charge in [-0.05, 0) is 78.8 Å². The van der Waals surface area contributed by atoms with Crippen LogP contribution in [0.25, 0.3) is 22.3 Å². The molecule has 1 saturated carbocycles. The fraction of sp³-hybridized carbons (Fsp3) is 0.390. The molecule has 0 bridgehead atoms. The van der Waals surface area contributed by atoms with Gasteiger partial charge in [-0.1, -0.05) is 24.3 Å². The van der Waals surface area contributed by atoms with Crippen molar-refractivity contribution in [2.24, 2.45) is 0 Å². The van der Waals surface area contributed by atoms with Crippen molar-refractivity contribution < 1.29 is 60.4 Å². The molecule has 3 N–H and O–H groups in total. The van der Waals surface area contributed by atoms with E-state index >= 15 is 0 Å². The Morgan fingerprint density at radius 3 is 2.14 bits per heavy atom. The molecule has 1 aromatic heterocycles. The standard InChI is InChI=1S/C41H47FN2O12S/c1-3-55-41(48)36(46)24-35(45)29-6-4-27(5-7-29)25-54-21-20-53-19-18-52-17-16-51-15-14-44-57(49,50)26-31-22-37-34(23-33(31)28-8-9-28)38(40(47)43-2)39(56-37)30-10-12-32(42)13-11-30/h4-7,10-13,22-24,28,44,46H,3,8-9,14-21,25-26H2,1-2H3,(H,43,47)/b36-24-. The number of hydrogen-bond donors (Lipinski definition) is 3. The van der Waals surface area contributed by atoms with E-state index in [0.29, 0.717) is 72.9 Å².